The van der Waals surface area contributed by atoms with E-state index in [2.05, 4.69) is 10.2 Å². The first-order chi connectivity index (χ1) is 13.8. The van der Waals surface area contributed by atoms with Crippen molar-refractivity contribution < 1.29 is 18.7 Å². The van der Waals surface area contributed by atoms with Crippen LogP contribution in [0.4, 0.5) is 0 Å². The smallest absolute Gasteiger partial charge is 0.306 e. The molecule has 0 bridgehead atoms. The molecule has 150 valence electrons. The predicted molar refractivity (Wildman–Crippen MR) is 109 cm³/mol. The Morgan fingerprint density at radius 3 is 2.34 bits per heavy atom. The summed E-state index contributed by atoms with van der Waals surface area (Å²) in [5.74, 6) is 0.0796. The molecule has 0 spiro atoms. The number of aromatic nitrogens is 2. The van der Waals surface area contributed by atoms with Crippen molar-refractivity contribution in [3.8, 4) is 11.5 Å². The van der Waals surface area contributed by atoms with Crippen molar-refractivity contribution in [2.75, 3.05) is 6.61 Å². The van der Waals surface area contributed by atoms with Gasteiger partial charge in [-0.1, -0.05) is 23.8 Å². The van der Waals surface area contributed by atoms with Crippen molar-refractivity contribution in [2.45, 2.75) is 40.5 Å². The van der Waals surface area contributed by atoms with Gasteiger partial charge in [0.2, 0.25) is 17.6 Å². The average molecular weight is 392 g/mol. The maximum Gasteiger partial charge on any atom is 0.306 e. The van der Waals surface area contributed by atoms with E-state index in [0.717, 1.165) is 27.8 Å². The third-order valence-corrected chi connectivity index (χ3v) is 4.81. The second-order valence-electron chi connectivity index (χ2n) is 7.20. The monoisotopic (exact) mass is 392 g/mol. The van der Waals surface area contributed by atoms with Gasteiger partial charge in [0.1, 0.15) is 0 Å². The molecule has 0 aliphatic rings. The molecule has 0 aliphatic heterocycles. The highest BCUT2D eigenvalue weighted by Gasteiger charge is 2.15. The normalized spacial score (nSPS) is 10.8. The van der Waals surface area contributed by atoms with Gasteiger partial charge < -0.3 is 9.15 Å². The third-order valence-electron chi connectivity index (χ3n) is 4.81. The van der Waals surface area contributed by atoms with Gasteiger partial charge in [0.05, 0.1) is 6.42 Å². The Morgan fingerprint density at radius 1 is 0.931 bits per heavy atom. The molecular formula is C23H24N2O4. The summed E-state index contributed by atoms with van der Waals surface area (Å²) in [5.41, 5.74) is 5.59. The van der Waals surface area contributed by atoms with Crippen LogP contribution in [0.5, 0.6) is 0 Å². The number of ether oxygens (including phenoxy) is 1. The summed E-state index contributed by atoms with van der Waals surface area (Å²) in [5, 5.41) is 7.98. The summed E-state index contributed by atoms with van der Waals surface area (Å²) in [7, 11) is 0. The molecule has 0 fully saturated rings. The summed E-state index contributed by atoms with van der Waals surface area (Å²) in [6.45, 7) is 7.55. The van der Waals surface area contributed by atoms with Crippen molar-refractivity contribution in [1.82, 2.24) is 10.2 Å². The molecule has 3 rings (SSSR count). The van der Waals surface area contributed by atoms with E-state index in [9.17, 15) is 9.59 Å². The Kier molecular flexibility index (Phi) is 6.22. The molecule has 0 aliphatic carbocycles. The first-order valence-corrected chi connectivity index (χ1v) is 9.49. The lowest BCUT2D eigenvalue weighted by Crippen LogP contribution is -2.15. The van der Waals surface area contributed by atoms with Crippen molar-refractivity contribution in [3.63, 3.8) is 0 Å². The number of aryl methyl sites for hydroxylation is 5. The Bertz CT molecular complexity index is 1040. The first kappa shape index (κ1) is 20.5. The summed E-state index contributed by atoms with van der Waals surface area (Å²) in [4.78, 5) is 24.4. The van der Waals surface area contributed by atoms with Crippen molar-refractivity contribution in [2.24, 2.45) is 0 Å². The van der Waals surface area contributed by atoms with Gasteiger partial charge in [-0.15, -0.1) is 10.2 Å². The SMILES string of the molecule is Cc1ccc(-c2nnc(CCC(=O)OCC(=O)c3cc(C)c(C)cc3C)o2)cc1. The number of rotatable bonds is 7. The number of hydrogen-bond acceptors (Lipinski definition) is 6. The van der Waals surface area contributed by atoms with Crippen LogP contribution in [0, 0.1) is 27.7 Å². The summed E-state index contributed by atoms with van der Waals surface area (Å²) >= 11 is 0. The molecule has 3 aromatic rings. The van der Waals surface area contributed by atoms with Crippen molar-refractivity contribution in [3.05, 3.63) is 70.1 Å². The molecule has 0 radical (unpaired) electrons. The standard InChI is InChI=1S/C23H24N2O4/c1-14-5-7-18(8-6-14)23-25-24-21(29-23)9-10-22(27)28-13-20(26)19-12-16(3)15(2)11-17(19)4/h5-8,11-12H,9-10,13H2,1-4H3. The number of carbonyl (C=O) groups excluding carboxylic acids is 2. The van der Waals surface area contributed by atoms with E-state index in [4.69, 9.17) is 9.15 Å². The second kappa shape index (κ2) is 8.82. The fraction of sp³-hybridized carbons (Fsp3) is 0.304. The van der Waals surface area contributed by atoms with E-state index in [1.807, 2.05) is 64.1 Å². The number of benzene rings is 2. The highest BCUT2D eigenvalue weighted by Crippen LogP contribution is 2.19. The third kappa shape index (κ3) is 5.16. The summed E-state index contributed by atoms with van der Waals surface area (Å²) in [6, 6.07) is 11.5. The minimum absolute atomic E-state index is 0.0642. The van der Waals surface area contributed by atoms with Gasteiger partial charge in [0.15, 0.2) is 6.61 Å². The van der Waals surface area contributed by atoms with Crippen LogP contribution < -0.4 is 0 Å². The zero-order chi connectivity index (χ0) is 21.0. The van der Waals surface area contributed by atoms with Crippen LogP contribution in [0.15, 0.2) is 40.8 Å². The number of nitrogens with zero attached hydrogens (tertiary/aromatic N) is 2. The second-order valence-corrected chi connectivity index (χ2v) is 7.20. The molecule has 0 atom stereocenters. The maximum atomic E-state index is 12.4. The van der Waals surface area contributed by atoms with Crippen LogP contribution >= 0.6 is 0 Å². The largest absolute Gasteiger partial charge is 0.457 e. The Labute approximate surface area is 169 Å². The molecule has 1 aromatic heterocycles. The molecular weight excluding hydrogens is 368 g/mol. The molecule has 2 aromatic carbocycles. The fourth-order valence-corrected chi connectivity index (χ4v) is 2.93. The predicted octanol–water partition coefficient (Wildman–Crippen LogP) is 4.33. The lowest BCUT2D eigenvalue weighted by atomic mass is 9.98. The fourth-order valence-electron chi connectivity index (χ4n) is 2.93. The molecule has 1 heterocycles. The topological polar surface area (TPSA) is 82.3 Å². The Hall–Kier alpha value is -3.28. The maximum absolute atomic E-state index is 12.4. The van der Waals surface area contributed by atoms with E-state index in [1.54, 1.807) is 0 Å². The van der Waals surface area contributed by atoms with Gasteiger partial charge in [-0.25, -0.2) is 0 Å². The van der Waals surface area contributed by atoms with Gasteiger partial charge >= 0.3 is 5.97 Å². The lowest BCUT2D eigenvalue weighted by Gasteiger charge is -2.09. The quantitative estimate of drug-likeness (QED) is 0.440. The average Bonchev–Trinajstić information content (AvgIpc) is 3.17. The zero-order valence-electron chi connectivity index (χ0n) is 17.1. The van der Waals surface area contributed by atoms with Gasteiger partial charge in [-0.3, -0.25) is 9.59 Å². The van der Waals surface area contributed by atoms with Crippen LogP contribution in [0.1, 0.15) is 44.9 Å². The van der Waals surface area contributed by atoms with Crippen molar-refractivity contribution in [1.29, 1.82) is 0 Å². The molecule has 0 saturated carbocycles. The summed E-state index contributed by atoms with van der Waals surface area (Å²) in [6.07, 6.45) is 0.323. The number of Topliss-reactive ketones (excluding diaryl/α,β-unsaturated/α-hetero) is 1. The van der Waals surface area contributed by atoms with Gasteiger partial charge in [0.25, 0.3) is 0 Å². The lowest BCUT2D eigenvalue weighted by molar-refractivity contribution is -0.142. The minimum atomic E-state index is -0.477. The van der Waals surface area contributed by atoms with Crippen LogP contribution in [-0.2, 0) is 16.0 Å². The van der Waals surface area contributed by atoms with E-state index in [1.165, 1.54) is 0 Å². The van der Waals surface area contributed by atoms with E-state index in [-0.39, 0.29) is 25.2 Å². The highest BCUT2D eigenvalue weighted by molar-refractivity contribution is 5.99. The molecule has 0 unspecified atom stereocenters. The minimum Gasteiger partial charge on any atom is -0.457 e. The van der Waals surface area contributed by atoms with Crippen LogP contribution in [0.2, 0.25) is 0 Å². The highest BCUT2D eigenvalue weighted by atomic mass is 16.5. The van der Waals surface area contributed by atoms with Gasteiger partial charge in [-0.05, 0) is 62.6 Å². The number of carbonyl (C=O) groups is 2. The van der Waals surface area contributed by atoms with E-state index in [0.29, 0.717) is 17.3 Å². The number of hydrogen-bond donors (Lipinski definition) is 0. The molecule has 0 N–H and O–H groups in total. The van der Waals surface area contributed by atoms with Gasteiger partial charge in [-0.2, -0.15) is 0 Å². The number of esters is 1. The van der Waals surface area contributed by atoms with E-state index < -0.39 is 5.97 Å². The molecule has 0 amide bonds. The van der Waals surface area contributed by atoms with Crippen molar-refractivity contribution >= 4 is 11.8 Å². The zero-order valence-corrected chi connectivity index (χ0v) is 17.1. The Morgan fingerprint density at radius 2 is 1.62 bits per heavy atom. The Balaban J connectivity index is 1.51. The van der Waals surface area contributed by atoms with Gasteiger partial charge in [0, 0.05) is 17.5 Å². The van der Waals surface area contributed by atoms with Crippen LogP contribution in [-0.4, -0.2) is 28.6 Å². The summed E-state index contributed by atoms with van der Waals surface area (Å²) < 4.78 is 10.7. The molecule has 0 saturated heterocycles. The number of ketones is 1. The van der Waals surface area contributed by atoms with Crippen LogP contribution in [0.25, 0.3) is 11.5 Å². The molecule has 29 heavy (non-hydrogen) atoms. The molecule has 6 heteroatoms. The van der Waals surface area contributed by atoms with E-state index >= 15 is 0 Å². The van der Waals surface area contributed by atoms with Crippen LogP contribution in [0.3, 0.4) is 0 Å². The molecule has 6 nitrogen and oxygen atoms in total. The first-order valence-electron chi connectivity index (χ1n) is 9.49.